The molecule has 0 aliphatic carbocycles. The molecule has 22 heavy (non-hydrogen) atoms. The van der Waals surface area contributed by atoms with Crippen molar-refractivity contribution in [1.82, 2.24) is 9.13 Å². The van der Waals surface area contributed by atoms with Gasteiger partial charge in [-0.3, -0.25) is 4.57 Å². The van der Waals surface area contributed by atoms with Crippen molar-refractivity contribution in [2.45, 2.75) is 0 Å². The molecule has 1 aromatic heterocycles. The van der Waals surface area contributed by atoms with E-state index in [9.17, 15) is 4.79 Å². The van der Waals surface area contributed by atoms with Crippen LogP contribution in [0.15, 0.2) is 65.7 Å². The Labute approximate surface area is 128 Å². The first-order chi connectivity index (χ1) is 10.7. The van der Waals surface area contributed by atoms with E-state index in [-0.39, 0.29) is 5.69 Å². The number of methoxy groups -OCH3 is 1. The molecule has 112 valence electrons. The van der Waals surface area contributed by atoms with Crippen LogP contribution in [0.3, 0.4) is 0 Å². The van der Waals surface area contributed by atoms with Gasteiger partial charge in [0.15, 0.2) is 0 Å². The number of aryl methyl sites for hydroxylation is 1. The van der Waals surface area contributed by atoms with Crippen molar-refractivity contribution in [3.63, 3.8) is 0 Å². The minimum atomic E-state index is -0.0798. The topological polar surface area (TPSA) is 45.4 Å². The second-order valence-electron chi connectivity index (χ2n) is 4.83. The summed E-state index contributed by atoms with van der Waals surface area (Å²) < 4.78 is 14.0. The van der Waals surface area contributed by atoms with Gasteiger partial charge in [-0.2, -0.15) is 0 Å². The molecule has 0 saturated heterocycles. The largest absolute Gasteiger partial charge is 0.497 e. The van der Waals surface area contributed by atoms with E-state index in [1.165, 1.54) is 4.57 Å². The molecule has 0 aliphatic heterocycles. The summed E-state index contributed by atoms with van der Waals surface area (Å²) in [5.41, 5.74) is 0.719. The lowest BCUT2D eigenvalue weighted by atomic mass is 10.3. The number of aromatic nitrogens is 2. The lowest BCUT2D eigenvalue weighted by Crippen LogP contribution is -2.20. The van der Waals surface area contributed by atoms with E-state index in [1.54, 1.807) is 31.1 Å². The van der Waals surface area contributed by atoms with Crippen molar-refractivity contribution in [2.75, 3.05) is 7.11 Å². The van der Waals surface area contributed by atoms with Crippen LogP contribution in [0, 0.1) is 0 Å². The first kappa shape index (κ1) is 14.0. The van der Waals surface area contributed by atoms with Crippen molar-refractivity contribution < 1.29 is 9.47 Å². The highest BCUT2D eigenvalue weighted by atomic mass is 16.5. The van der Waals surface area contributed by atoms with Crippen molar-refractivity contribution in [1.29, 1.82) is 0 Å². The fourth-order valence-electron chi connectivity index (χ4n) is 2.12. The Morgan fingerprint density at radius 1 is 0.818 bits per heavy atom. The number of hydrogen-bond donors (Lipinski definition) is 0. The number of imidazole rings is 1. The maximum Gasteiger partial charge on any atom is 0.332 e. The number of ether oxygens (including phenoxy) is 2. The Kier molecular flexibility index (Phi) is 3.70. The Morgan fingerprint density at radius 2 is 1.36 bits per heavy atom. The van der Waals surface area contributed by atoms with Gasteiger partial charge in [0, 0.05) is 19.4 Å². The molecule has 5 nitrogen and oxygen atoms in total. The van der Waals surface area contributed by atoms with Crippen LogP contribution >= 0.6 is 0 Å². The molecule has 0 radical (unpaired) electrons. The molecule has 0 bridgehead atoms. The predicted molar refractivity (Wildman–Crippen MR) is 84.1 cm³/mol. The lowest BCUT2D eigenvalue weighted by molar-refractivity contribution is 0.413. The van der Waals surface area contributed by atoms with Gasteiger partial charge in [0.2, 0.25) is 0 Å². The van der Waals surface area contributed by atoms with Crippen molar-refractivity contribution in [2.24, 2.45) is 7.05 Å². The molecule has 1 heterocycles. The Morgan fingerprint density at radius 3 is 1.86 bits per heavy atom. The van der Waals surface area contributed by atoms with E-state index in [2.05, 4.69) is 0 Å². The molecule has 0 fully saturated rings. The zero-order chi connectivity index (χ0) is 15.5. The van der Waals surface area contributed by atoms with Crippen LogP contribution in [0.1, 0.15) is 0 Å². The number of hydrogen-bond acceptors (Lipinski definition) is 3. The third-order valence-electron chi connectivity index (χ3n) is 3.36. The molecule has 0 spiro atoms. The Bertz CT molecular complexity index is 814. The third-order valence-corrected chi connectivity index (χ3v) is 3.36. The first-order valence-electron chi connectivity index (χ1n) is 6.84. The van der Waals surface area contributed by atoms with E-state index in [1.807, 2.05) is 48.5 Å². The molecule has 3 rings (SSSR count). The number of nitrogens with zero attached hydrogens (tertiary/aromatic N) is 2. The zero-order valence-corrected chi connectivity index (χ0v) is 12.4. The molecule has 0 unspecified atom stereocenters. The normalized spacial score (nSPS) is 10.5. The quantitative estimate of drug-likeness (QED) is 0.743. The Balaban J connectivity index is 1.79. The molecule has 2 aromatic carbocycles. The second-order valence-corrected chi connectivity index (χ2v) is 4.83. The van der Waals surface area contributed by atoms with E-state index < -0.39 is 0 Å². The molecule has 0 aliphatic rings. The van der Waals surface area contributed by atoms with Gasteiger partial charge < -0.3 is 14.0 Å². The van der Waals surface area contributed by atoms with Gasteiger partial charge in [-0.15, -0.1) is 0 Å². The van der Waals surface area contributed by atoms with Crippen LogP contribution in [0.25, 0.3) is 5.69 Å². The molecule has 0 saturated carbocycles. The van der Waals surface area contributed by atoms with Gasteiger partial charge in [-0.25, -0.2) is 4.79 Å². The summed E-state index contributed by atoms with van der Waals surface area (Å²) in [5, 5.41) is 0. The average molecular weight is 296 g/mol. The molecule has 0 amide bonds. The van der Waals surface area contributed by atoms with Crippen LogP contribution in [0.4, 0.5) is 0 Å². The van der Waals surface area contributed by atoms with Crippen LogP contribution < -0.4 is 15.2 Å². The fraction of sp³-hybridized carbons (Fsp3) is 0.118. The molecular formula is C17H16N2O3. The van der Waals surface area contributed by atoms with Crippen molar-refractivity contribution in [3.8, 4) is 22.9 Å². The zero-order valence-electron chi connectivity index (χ0n) is 12.4. The Hall–Kier alpha value is -2.95. The van der Waals surface area contributed by atoms with Crippen LogP contribution in [0.5, 0.6) is 17.2 Å². The monoisotopic (exact) mass is 296 g/mol. The minimum absolute atomic E-state index is 0.0798. The lowest BCUT2D eigenvalue weighted by Gasteiger charge is -2.08. The van der Waals surface area contributed by atoms with Gasteiger partial charge >= 0.3 is 5.69 Å². The maximum atomic E-state index is 11.9. The summed E-state index contributed by atoms with van der Waals surface area (Å²) in [6.45, 7) is 0. The highest BCUT2D eigenvalue weighted by Crippen LogP contribution is 2.24. The first-order valence-corrected chi connectivity index (χ1v) is 6.84. The SMILES string of the molecule is COc1ccc(Oc2ccc(-n3ccn(C)c3=O)cc2)cc1. The van der Waals surface area contributed by atoms with Crippen molar-refractivity contribution >= 4 is 0 Å². The van der Waals surface area contributed by atoms with Crippen LogP contribution in [0.2, 0.25) is 0 Å². The summed E-state index contributed by atoms with van der Waals surface area (Å²) in [6.07, 6.45) is 3.46. The summed E-state index contributed by atoms with van der Waals surface area (Å²) >= 11 is 0. The smallest absolute Gasteiger partial charge is 0.332 e. The second kappa shape index (κ2) is 5.81. The summed E-state index contributed by atoms with van der Waals surface area (Å²) in [7, 11) is 3.35. The van der Waals surface area contributed by atoms with E-state index in [4.69, 9.17) is 9.47 Å². The predicted octanol–water partition coefficient (Wildman–Crippen LogP) is 2.98. The highest BCUT2D eigenvalue weighted by Gasteiger charge is 2.03. The fourth-order valence-corrected chi connectivity index (χ4v) is 2.12. The average Bonchev–Trinajstić information content (AvgIpc) is 2.89. The van der Waals surface area contributed by atoms with Crippen LogP contribution in [-0.4, -0.2) is 16.2 Å². The molecule has 0 atom stereocenters. The highest BCUT2D eigenvalue weighted by molar-refractivity contribution is 5.40. The number of rotatable bonds is 4. The van der Waals surface area contributed by atoms with Gasteiger partial charge in [0.1, 0.15) is 17.2 Å². The summed E-state index contributed by atoms with van der Waals surface area (Å²) in [5.74, 6) is 2.22. The third kappa shape index (κ3) is 2.74. The van der Waals surface area contributed by atoms with Gasteiger partial charge in [0.25, 0.3) is 0 Å². The van der Waals surface area contributed by atoms with Gasteiger partial charge in [-0.1, -0.05) is 0 Å². The summed E-state index contributed by atoms with van der Waals surface area (Å²) in [4.78, 5) is 11.9. The molecule has 5 heteroatoms. The maximum absolute atomic E-state index is 11.9. The summed E-state index contributed by atoms with van der Waals surface area (Å²) in [6, 6.07) is 14.7. The van der Waals surface area contributed by atoms with E-state index in [0.717, 1.165) is 17.2 Å². The van der Waals surface area contributed by atoms with E-state index in [0.29, 0.717) is 5.75 Å². The molecule has 0 N–H and O–H groups in total. The number of benzene rings is 2. The van der Waals surface area contributed by atoms with Crippen LogP contribution in [-0.2, 0) is 7.05 Å². The standard InChI is InChI=1S/C17H16N2O3/c1-18-11-12-19(17(18)20)13-3-5-15(6-4-13)22-16-9-7-14(21-2)8-10-16/h3-12H,1-2H3. The van der Waals surface area contributed by atoms with E-state index >= 15 is 0 Å². The minimum Gasteiger partial charge on any atom is -0.497 e. The molecule has 3 aromatic rings. The van der Waals surface area contributed by atoms with Gasteiger partial charge in [0.05, 0.1) is 12.8 Å². The van der Waals surface area contributed by atoms with Crippen molar-refractivity contribution in [3.05, 3.63) is 71.4 Å². The molecular weight excluding hydrogens is 280 g/mol. The van der Waals surface area contributed by atoms with Gasteiger partial charge in [-0.05, 0) is 48.5 Å².